The fourth-order valence-corrected chi connectivity index (χ4v) is 1.73. The molecular formula is C10H9Na2O5P. The normalized spacial score (nSPS) is 9.67. The van der Waals surface area contributed by atoms with Gasteiger partial charge in [-0.25, -0.2) is 0 Å². The third-order valence-corrected chi connectivity index (χ3v) is 2.37. The fraction of sp³-hybridized carbons (Fsp3) is 0. The number of phosphoric acid groups is 1. The summed E-state index contributed by atoms with van der Waals surface area (Å²) in [6, 6.07) is 12.0. The first-order valence-electron chi connectivity index (χ1n) is 4.25. The molecule has 0 aliphatic heterocycles. The zero-order valence-electron chi connectivity index (χ0n) is 10.1. The fourth-order valence-electron chi connectivity index (χ4n) is 1.35. The smallest absolute Gasteiger partial charge is 0.780 e. The minimum Gasteiger partial charge on any atom is -0.780 e. The number of hydrogen-bond acceptors (Lipinski definition) is 4. The second kappa shape index (κ2) is 8.72. The van der Waals surface area contributed by atoms with Crippen molar-refractivity contribution in [1.82, 2.24) is 0 Å². The van der Waals surface area contributed by atoms with Crippen molar-refractivity contribution in [2.24, 2.45) is 0 Å². The molecule has 0 bridgehead atoms. The van der Waals surface area contributed by atoms with E-state index < -0.39 is 7.82 Å². The molecule has 0 spiro atoms. The number of benzene rings is 2. The molecule has 0 heterocycles. The zero-order chi connectivity index (χ0) is 10.9. The van der Waals surface area contributed by atoms with E-state index in [1.54, 1.807) is 6.07 Å². The van der Waals surface area contributed by atoms with Gasteiger partial charge in [0.15, 0.2) is 0 Å². The summed E-state index contributed by atoms with van der Waals surface area (Å²) in [5.74, 6) is 0.0435. The molecule has 18 heavy (non-hydrogen) atoms. The third kappa shape index (κ3) is 6.17. The van der Waals surface area contributed by atoms with Crippen LogP contribution in [0.2, 0.25) is 0 Å². The molecule has 0 unspecified atom stereocenters. The van der Waals surface area contributed by atoms with Gasteiger partial charge in [0.2, 0.25) is 0 Å². The molecule has 0 atom stereocenters. The van der Waals surface area contributed by atoms with Gasteiger partial charge < -0.3 is 24.4 Å². The van der Waals surface area contributed by atoms with Gasteiger partial charge in [-0.05, 0) is 22.9 Å². The van der Waals surface area contributed by atoms with E-state index in [1.165, 1.54) is 12.1 Å². The van der Waals surface area contributed by atoms with Crippen molar-refractivity contribution < 1.29 is 83.5 Å². The summed E-state index contributed by atoms with van der Waals surface area (Å²) < 4.78 is 14.6. The van der Waals surface area contributed by atoms with Crippen LogP contribution in [-0.2, 0) is 4.57 Å². The van der Waals surface area contributed by atoms with E-state index in [0.29, 0.717) is 0 Å². The van der Waals surface area contributed by atoms with Crippen molar-refractivity contribution in [2.75, 3.05) is 0 Å². The quantitative estimate of drug-likeness (QED) is 0.405. The molecule has 5 nitrogen and oxygen atoms in total. The van der Waals surface area contributed by atoms with Crippen LogP contribution in [0.15, 0.2) is 42.5 Å². The number of rotatable bonds is 2. The standard InChI is InChI=1S/C10H9O4P.2Na.H2O/c11-15(12,13)14-10-6-5-8-3-1-2-4-9(8)7-10;;;/h1-7H,(H2,11,12,13);;;1H2/q;2*+1;/p-2. The summed E-state index contributed by atoms with van der Waals surface area (Å²) >= 11 is 0. The molecular weight excluding hydrogens is 277 g/mol. The summed E-state index contributed by atoms with van der Waals surface area (Å²) in [7, 11) is -4.97. The van der Waals surface area contributed by atoms with E-state index in [-0.39, 0.29) is 70.3 Å². The van der Waals surface area contributed by atoms with Gasteiger partial charge in [0.05, 0.1) is 0 Å². The summed E-state index contributed by atoms with van der Waals surface area (Å²) in [4.78, 5) is 20.8. The molecule has 0 aliphatic rings. The monoisotopic (exact) mass is 286 g/mol. The average molecular weight is 286 g/mol. The van der Waals surface area contributed by atoms with E-state index in [2.05, 4.69) is 4.52 Å². The van der Waals surface area contributed by atoms with Crippen molar-refractivity contribution in [3.63, 3.8) is 0 Å². The second-order valence-corrected chi connectivity index (χ2v) is 4.12. The molecule has 0 fully saturated rings. The van der Waals surface area contributed by atoms with Crippen LogP contribution < -0.4 is 73.4 Å². The zero-order valence-corrected chi connectivity index (χ0v) is 15.0. The van der Waals surface area contributed by atoms with E-state index in [0.717, 1.165) is 10.8 Å². The predicted octanol–water partition coefficient (Wildman–Crippen LogP) is -5.77. The Morgan fingerprint density at radius 2 is 1.50 bits per heavy atom. The molecule has 86 valence electrons. The molecule has 8 heteroatoms. The Balaban J connectivity index is 0. The Hall–Kier alpha value is 0.610. The van der Waals surface area contributed by atoms with Gasteiger partial charge in [-0.3, -0.25) is 0 Å². The second-order valence-electron chi connectivity index (χ2n) is 3.05. The van der Waals surface area contributed by atoms with Crippen LogP contribution in [0, 0.1) is 0 Å². The topological polar surface area (TPSA) is 104 Å². The molecule has 2 N–H and O–H groups in total. The van der Waals surface area contributed by atoms with Gasteiger partial charge in [-0.15, -0.1) is 0 Å². The van der Waals surface area contributed by atoms with E-state index in [4.69, 9.17) is 0 Å². The van der Waals surface area contributed by atoms with Crippen molar-refractivity contribution in [3.8, 4) is 5.75 Å². The maximum absolute atomic E-state index is 10.4. The minimum atomic E-state index is -4.97. The van der Waals surface area contributed by atoms with Gasteiger partial charge in [0.25, 0.3) is 0 Å². The van der Waals surface area contributed by atoms with Crippen LogP contribution in [0.3, 0.4) is 0 Å². The molecule has 2 rings (SSSR count). The van der Waals surface area contributed by atoms with Gasteiger partial charge in [-0.1, -0.05) is 30.3 Å². The first-order valence-corrected chi connectivity index (χ1v) is 5.71. The van der Waals surface area contributed by atoms with Crippen LogP contribution in [0.25, 0.3) is 10.8 Å². The Bertz CT molecular complexity index is 543. The first kappa shape index (κ1) is 20.9. The van der Waals surface area contributed by atoms with E-state index >= 15 is 0 Å². The summed E-state index contributed by atoms with van der Waals surface area (Å²) in [5, 5.41) is 1.78. The first-order chi connectivity index (χ1) is 7.04. The molecule has 0 aliphatic carbocycles. The average Bonchev–Trinajstić information content (AvgIpc) is 2.15. The third-order valence-electron chi connectivity index (χ3n) is 1.94. The Morgan fingerprint density at radius 3 is 2.06 bits per heavy atom. The summed E-state index contributed by atoms with van der Waals surface area (Å²) in [6.07, 6.45) is 0. The van der Waals surface area contributed by atoms with Gasteiger partial charge in [0.1, 0.15) is 13.6 Å². The van der Waals surface area contributed by atoms with Gasteiger partial charge in [0, 0.05) is 0 Å². The van der Waals surface area contributed by atoms with Crippen LogP contribution in [0.1, 0.15) is 0 Å². The predicted molar refractivity (Wildman–Crippen MR) is 55.8 cm³/mol. The number of fused-ring (bicyclic) bond motifs is 1. The largest absolute Gasteiger partial charge is 1.00 e. The molecule has 0 amide bonds. The summed E-state index contributed by atoms with van der Waals surface area (Å²) in [5.41, 5.74) is 0. The molecule has 0 radical (unpaired) electrons. The van der Waals surface area contributed by atoms with Gasteiger partial charge in [-0.2, -0.15) is 0 Å². The van der Waals surface area contributed by atoms with Crippen molar-refractivity contribution in [1.29, 1.82) is 0 Å². The molecule has 0 saturated heterocycles. The Labute approximate surface area is 149 Å². The maximum atomic E-state index is 10.4. The van der Waals surface area contributed by atoms with Crippen molar-refractivity contribution in [3.05, 3.63) is 42.5 Å². The SMILES string of the molecule is O.O=P([O-])([O-])Oc1ccc2ccccc2c1.[Na+].[Na+]. The van der Waals surface area contributed by atoms with Crippen LogP contribution in [0.4, 0.5) is 0 Å². The molecule has 2 aromatic carbocycles. The van der Waals surface area contributed by atoms with Crippen LogP contribution in [0.5, 0.6) is 5.75 Å². The van der Waals surface area contributed by atoms with Crippen LogP contribution in [-0.4, -0.2) is 5.48 Å². The number of hydrogen-bond donors (Lipinski definition) is 0. The Morgan fingerprint density at radius 1 is 0.944 bits per heavy atom. The summed E-state index contributed by atoms with van der Waals surface area (Å²) in [6.45, 7) is 0. The van der Waals surface area contributed by atoms with E-state index in [9.17, 15) is 14.4 Å². The van der Waals surface area contributed by atoms with Crippen molar-refractivity contribution in [2.45, 2.75) is 0 Å². The molecule has 0 aromatic heterocycles. The minimum absolute atomic E-state index is 0. The van der Waals surface area contributed by atoms with Crippen molar-refractivity contribution >= 4 is 18.6 Å². The van der Waals surface area contributed by atoms with Crippen LogP contribution >= 0.6 is 7.82 Å². The van der Waals surface area contributed by atoms with Gasteiger partial charge >= 0.3 is 59.1 Å². The molecule has 0 saturated carbocycles. The molecule has 2 aromatic rings. The maximum Gasteiger partial charge on any atom is 1.00 e. The number of phosphoric ester groups is 1. The van der Waals surface area contributed by atoms with E-state index in [1.807, 2.05) is 24.3 Å². The Kier molecular flexibility index (Phi) is 10.1.